The quantitative estimate of drug-likeness (QED) is 0.776. The van der Waals surface area contributed by atoms with E-state index < -0.39 is 0 Å². The number of likely N-dealkylation sites (N-methyl/N-ethyl adjacent to an activating group) is 1. The van der Waals surface area contributed by atoms with Gasteiger partial charge in [-0.15, -0.1) is 0 Å². The maximum Gasteiger partial charge on any atom is 0.129 e. The van der Waals surface area contributed by atoms with Crippen molar-refractivity contribution >= 4 is 5.82 Å². The third-order valence-electron chi connectivity index (χ3n) is 3.37. The van der Waals surface area contributed by atoms with E-state index in [1.54, 1.807) is 6.33 Å². The molecule has 0 aliphatic carbocycles. The Morgan fingerprint density at radius 3 is 2.43 bits per heavy atom. The fraction of sp³-hybridized carbons (Fsp3) is 0.375. The molecule has 1 aromatic heterocycles. The minimum absolute atomic E-state index is 0. The Morgan fingerprint density at radius 2 is 1.76 bits per heavy atom. The lowest BCUT2D eigenvalue weighted by atomic mass is 10.1. The van der Waals surface area contributed by atoms with Crippen LogP contribution in [-0.4, -0.2) is 41.0 Å². The summed E-state index contributed by atoms with van der Waals surface area (Å²) in [5.41, 5.74) is 2.06. The average Bonchev–Trinajstić information content (AvgIpc) is 2.53. The number of nitrogens with zero attached hydrogens (tertiary/aromatic N) is 3. The first-order chi connectivity index (χ1) is 9.83. The normalized spacial score (nSPS) is 10.2. The summed E-state index contributed by atoms with van der Waals surface area (Å²) in [5.74, 6) is 0.881. The fourth-order valence-electron chi connectivity index (χ4n) is 2.10. The largest absolute Gasteiger partial charge is 1.00 e. The molecule has 1 N–H and O–H groups in total. The second-order valence-corrected chi connectivity index (χ2v) is 4.61. The minimum Gasteiger partial charge on any atom is -1.00 e. The summed E-state index contributed by atoms with van der Waals surface area (Å²) in [4.78, 5) is 11.0. The Hall–Kier alpha value is -1.65. The van der Waals surface area contributed by atoms with Crippen LogP contribution in [0.3, 0.4) is 0 Å². The van der Waals surface area contributed by atoms with Gasteiger partial charge < -0.3 is 22.6 Å². The molecule has 0 radical (unpaired) electrons. The van der Waals surface area contributed by atoms with Crippen LogP contribution in [0.1, 0.15) is 13.8 Å². The van der Waals surface area contributed by atoms with Crippen LogP contribution in [0.5, 0.6) is 0 Å². The van der Waals surface area contributed by atoms with Crippen LogP contribution in [0.4, 0.5) is 5.82 Å². The Balaban J connectivity index is 0.00000220. The maximum atomic E-state index is 4.32. The van der Waals surface area contributed by atoms with E-state index in [1.807, 2.05) is 24.3 Å². The number of rotatable bonds is 7. The number of benzene rings is 1. The van der Waals surface area contributed by atoms with Crippen molar-refractivity contribution in [3.8, 4) is 11.3 Å². The van der Waals surface area contributed by atoms with Crippen LogP contribution in [0.15, 0.2) is 42.7 Å². The van der Waals surface area contributed by atoms with Gasteiger partial charge in [0, 0.05) is 24.7 Å². The average molecular weight is 306 g/mol. The van der Waals surface area contributed by atoms with Crippen molar-refractivity contribution in [2.75, 3.05) is 31.5 Å². The molecule has 0 fully saturated rings. The monoisotopic (exact) mass is 305 g/mol. The van der Waals surface area contributed by atoms with Gasteiger partial charge in [0.05, 0.1) is 5.69 Å². The number of aromatic nitrogens is 2. The van der Waals surface area contributed by atoms with Crippen LogP contribution in [0.2, 0.25) is 0 Å². The molecule has 2 rings (SSSR count). The molecule has 0 bridgehead atoms. The summed E-state index contributed by atoms with van der Waals surface area (Å²) < 4.78 is 0. The number of halogens is 1. The van der Waals surface area contributed by atoms with Gasteiger partial charge in [-0.2, -0.15) is 0 Å². The summed E-state index contributed by atoms with van der Waals surface area (Å²) in [7, 11) is 0. The van der Waals surface area contributed by atoms with E-state index >= 15 is 0 Å². The molecule has 0 aliphatic heterocycles. The molecule has 0 saturated heterocycles. The van der Waals surface area contributed by atoms with Crippen molar-refractivity contribution < 1.29 is 12.4 Å². The van der Waals surface area contributed by atoms with Gasteiger partial charge in [-0.05, 0) is 13.1 Å². The molecule has 0 amide bonds. The van der Waals surface area contributed by atoms with E-state index in [1.165, 1.54) is 0 Å². The molecule has 5 heteroatoms. The van der Waals surface area contributed by atoms with E-state index in [9.17, 15) is 0 Å². The smallest absolute Gasteiger partial charge is 0.129 e. The molecule has 1 aromatic carbocycles. The lowest BCUT2D eigenvalue weighted by Gasteiger charge is -2.18. The molecule has 0 saturated carbocycles. The van der Waals surface area contributed by atoms with Crippen LogP contribution in [0, 0.1) is 0 Å². The third-order valence-corrected chi connectivity index (χ3v) is 3.37. The molecule has 2 aromatic rings. The van der Waals surface area contributed by atoms with Crippen LogP contribution in [-0.2, 0) is 0 Å². The lowest BCUT2D eigenvalue weighted by molar-refractivity contribution is -0.00000433. The van der Waals surface area contributed by atoms with Crippen molar-refractivity contribution in [3.63, 3.8) is 0 Å². The van der Waals surface area contributed by atoms with Crippen molar-refractivity contribution in [3.05, 3.63) is 42.7 Å². The zero-order valence-corrected chi connectivity index (χ0v) is 13.3. The summed E-state index contributed by atoms with van der Waals surface area (Å²) >= 11 is 0. The molecule has 114 valence electrons. The number of hydrogen-bond acceptors (Lipinski definition) is 4. The maximum absolute atomic E-state index is 4.32. The second-order valence-electron chi connectivity index (χ2n) is 4.61. The zero-order valence-electron chi connectivity index (χ0n) is 12.6. The van der Waals surface area contributed by atoms with Crippen LogP contribution >= 0.6 is 0 Å². The van der Waals surface area contributed by atoms with E-state index in [0.29, 0.717) is 0 Å². The molecule has 0 unspecified atom stereocenters. The van der Waals surface area contributed by atoms with Gasteiger partial charge in [-0.1, -0.05) is 44.2 Å². The van der Waals surface area contributed by atoms with Crippen LogP contribution in [0.25, 0.3) is 11.3 Å². The van der Waals surface area contributed by atoms with E-state index in [0.717, 1.165) is 43.3 Å². The molecule has 0 atom stereocenters. The van der Waals surface area contributed by atoms with Gasteiger partial charge in [0.2, 0.25) is 0 Å². The van der Waals surface area contributed by atoms with Gasteiger partial charge in [-0.3, -0.25) is 0 Å². The topological polar surface area (TPSA) is 41.0 Å². The first-order valence-corrected chi connectivity index (χ1v) is 7.17. The summed E-state index contributed by atoms with van der Waals surface area (Å²) in [6, 6.07) is 12.2. The number of anilines is 1. The molecule has 0 aliphatic rings. The van der Waals surface area contributed by atoms with Gasteiger partial charge in [0.1, 0.15) is 12.1 Å². The summed E-state index contributed by atoms with van der Waals surface area (Å²) in [5, 5.41) is 3.36. The Bertz CT molecular complexity index is 515. The van der Waals surface area contributed by atoms with Gasteiger partial charge >= 0.3 is 0 Å². The van der Waals surface area contributed by atoms with Crippen molar-refractivity contribution in [2.24, 2.45) is 0 Å². The first kappa shape index (κ1) is 17.4. The SMILES string of the molecule is CCN(CC)CCNc1cc(-c2ccccc2)ncn1.[Cl-]. The predicted molar refractivity (Wildman–Crippen MR) is 83.7 cm³/mol. The van der Waals surface area contributed by atoms with Crippen LogP contribution < -0.4 is 17.7 Å². The van der Waals surface area contributed by atoms with Crippen molar-refractivity contribution in [1.29, 1.82) is 0 Å². The van der Waals surface area contributed by atoms with Gasteiger partial charge in [-0.25, -0.2) is 9.97 Å². The highest BCUT2D eigenvalue weighted by Gasteiger charge is 2.02. The van der Waals surface area contributed by atoms with E-state index in [2.05, 4.69) is 46.2 Å². The van der Waals surface area contributed by atoms with Crippen molar-refractivity contribution in [1.82, 2.24) is 14.9 Å². The fourth-order valence-corrected chi connectivity index (χ4v) is 2.10. The zero-order chi connectivity index (χ0) is 14.2. The van der Waals surface area contributed by atoms with Gasteiger partial charge in [0.15, 0.2) is 0 Å². The van der Waals surface area contributed by atoms with Gasteiger partial charge in [0.25, 0.3) is 0 Å². The highest BCUT2D eigenvalue weighted by atomic mass is 35.5. The summed E-state index contributed by atoms with van der Waals surface area (Å²) in [6.45, 7) is 8.45. The Labute approximate surface area is 133 Å². The lowest BCUT2D eigenvalue weighted by Crippen LogP contribution is -3.00. The standard InChI is InChI=1S/C16H22N4.ClH/c1-3-20(4-2)11-10-17-16-12-15(18-13-19-16)14-8-6-5-7-9-14;/h5-9,12-13H,3-4,10-11H2,1-2H3,(H,17,18,19);1H/p-1. The molecular formula is C16H22ClN4-. The first-order valence-electron chi connectivity index (χ1n) is 7.17. The number of hydrogen-bond donors (Lipinski definition) is 1. The van der Waals surface area contributed by atoms with E-state index in [-0.39, 0.29) is 12.4 Å². The molecule has 21 heavy (non-hydrogen) atoms. The summed E-state index contributed by atoms with van der Waals surface area (Å²) in [6.07, 6.45) is 1.61. The Morgan fingerprint density at radius 1 is 1.05 bits per heavy atom. The minimum atomic E-state index is 0. The molecule has 1 heterocycles. The highest BCUT2D eigenvalue weighted by molar-refractivity contribution is 5.61. The predicted octanol–water partition coefficient (Wildman–Crippen LogP) is -0.0987. The third kappa shape index (κ3) is 5.33. The number of nitrogens with one attached hydrogen (secondary N) is 1. The molecule has 4 nitrogen and oxygen atoms in total. The second kappa shape index (κ2) is 9.32. The van der Waals surface area contributed by atoms with E-state index in [4.69, 9.17) is 0 Å². The van der Waals surface area contributed by atoms with Crippen molar-refractivity contribution in [2.45, 2.75) is 13.8 Å². The Kier molecular flexibility index (Phi) is 7.72. The molecule has 0 spiro atoms. The highest BCUT2D eigenvalue weighted by Crippen LogP contribution is 2.17. The molecular weight excluding hydrogens is 284 g/mol.